The van der Waals surface area contributed by atoms with Crippen molar-refractivity contribution in [2.45, 2.75) is 32.6 Å². The Hall–Kier alpha value is -1.88. The molecule has 5 heteroatoms. The molecule has 4 N–H and O–H groups in total. The van der Waals surface area contributed by atoms with Crippen LogP contribution in [0.25, 0.3) is 0 Å². The Morgan fingerprint density at radius 3 is 2.65 bits per heavy atom. The standard InChI is InChI=1S/C15H21N3O2/c1-10-4-7-12(18-15(20)11-5-6-11)13(9-10)17-14(19)3-2-8-16/h4,7,9,11H,2-3,5-6,8,16H2,1H3,(H,17,19)(H,18,20). The van der Waals surface area contributed by atoms with E-state index in [0.29, 0.717) is 30.8 Å². The number of nitrogens with one attached hydrogen (secondary N) is 2. The summed E-state index contributed by atoms with van der Waals surface area (Å²) in [7, 11) is 0. The SMILES string of the molecule is Cc1ccc(NC(=O)C2CC2)c(NC(=O)CCCN)c1. The van der Waals surface area contributed by atoms with Crippen LogP contribution in [0.15, 0.2) is 18.2 Å². The highest BCUT2D eigenvalue weighted by Crippen LogP contribution is 2.32. The number of aryl methyl sites for hydroxylation is 1. The summed E-state index contributed by atoms with van der Waals surface area (Å²) in [6.07, 6.45) is 2.95. The van der Waals surface area contributed by atoms with Crippen LogP contribution in [0, 0.1) is 12.8 Å². The summed E-state index contributed by atoms with van der Waals surface area (Å²) in [6.45, 7) is 2.44. The van der Waals surface area contributed by atoms with Gasteiger partial charge in [-0.1, -0.05) is 6.07 Å². The molecule has 1 fully saturated rings. The van der Waals surface area contributed by atoms with Gasteiger partial charge in [0.15, 0.2) is 0 Å². The highest BCUT2D eigenvalue weighted by atomic mass is 16.2. The van der Waals surface area contributed by atoms with Crippen molar-refractivity contribution in [2.75, 3.05) is 17.2 Å². The maximum absolute atomic E-state index is 11.8. The van der Waals surface area contributed by atoms with Crippen molar-refractivity contribution in [1.29, 1.82) is 0 Å². The molecule has 1 saturated carbocycles. The van der Waals surface area contributed by atoms with E-state index >= 15 is 0 Å². The molecule has 0 bridgehead atoms. The van der Waals surface area contributed by atoms with Crippen LogP contribution < -0.4 is 16.4 Å². The van der Waals surface area contributed by atoms with Gasteiger partial charge in [-0.3, -0.25) is 9.59 Å². The van der Waals surface area contributed by atoms with Gasteiger partial charge in [-0.25, -0.2) is 0 Å². The maximum atomic E-state index is 11.8. The molecule has 0 spiro atoms. The zero-order chi connectivity index (χ0) is 14.5. The molecule has 5 nitrogen and oxygen atoms in total. The van der Waals surface area contributed by atoms with Crippen molar-refractivity contribution >= 4 is 23.2 Å². The lowest BCUT2D eigenvalue weighted by atomic mass is 10.1. The molecule has 0 aromatic heterocycles. The van der Waals surface area contributed by atoms with Gasteiger partial charge in [0.05, 0.1) is 11.4 Å². The van der Waals surface area contributed by atoms with Gasteiger partial charge in [0.1, 0.15) is 0 Å². The first-order valence-corrected chi connectivity index (χ1v) is 7.01. The Labute approximate surface area is 118 Å². The average molecular weight is 275 g/mol. The molecule has 0 aliphatic heterocycles. The van der Waals surface area contributed by atoms with Crippen molar-refractivity contribution in [3.8, 4) is 0 Å². The van der Waals surface area contributed by atoms with E-state index in [-0.39, 0.29) is 17.7 Å². The summed E-state index contributed by atoms with van der Waals surface area (Å²) in [5.41, 5.74) is 7.74. The molecule has 108 valence electrons. The van der Waals surface area contributed by atoms with E-state index in [0.717, 1.165) is 18.4 Å². The Balaban J connectivity index is 2.06. The monoisotopic (exact) mass is 275 g/mol. The second-order valence-electron chi connectivity index (χ2n) is 5.25. The predicted octanol–water partition coefficient (Wildman–Crippen LogP) is 2.02. The summed E-state index contributed by atoms with van der Waals surface area (Å²) in [6, 6.07) is 5.61. The fourth-order valence-electron chi connectivity index (χ4n) is 1.93. The normalized spacial score (nSPS) is 13.9. The summed E-state index contributed by atoms with van der Waals surface area (Å²) < 4.78 is 0. The molecule has 2 amide bonds. The number of carbonyl (C=O) groups excluding carboxylic acids is 2. The molecule has 1 aliphatic carbocycles. The molecule has 20 heavy (non-hydrogen) atoms. The van der Waals surface area contributed by atoms with Gasteiger partial charge >= 0.3 is 0 Å². The predicted molar refractivity (Wildman–Crippen MR) is 79.5 cm³/mol. The van der Waals surface area contributed by atoms with E-state index in [4.69, 9.17) is 5.73 Å². The molecule has 0 heterocycles. The number of anilines is 2. The Kier molecular flexibility index (Phi) is 4.74. The number of benzene rings is 1. The lowest BCUT2D eigenvalue weighted by Gasteiger charge is -2.13. The van der Waals surface area contributed by atoms with E-state index < -0.39 is 0 Å². The topological polar surface area (TPSA) is 84.2 Å². The summed E-state index contributed by atoms with van der Waals surface area (Å²) in [5, 5.41) is 5.72. The van der Waals surface area contributed by atoms with Crippen LogP contribution in [0.3, 0.4) is 0 Å². The average Bonchev–Trinajstić information content (AvgIpc) is 3.23. The molecule has 0 unspecified atom stereocenters. The van der Waals surface area contributed by atoms with Gasteiger partial charge in [-0.2, -0.15) is 0 Å². The molecular weight excluding hydrogens is 254 g/mol. The molecule has 0 atom stereocenters. The third-order valence-electron chi connectivity index (χ3n) is 3.26. The van der Waals surface area contributed by atoms with Gasteiger partial charge in [-0.05, 0) is 50.4 Å². The Bertz CT molecular complexity index is 510. The number of nitrogens with two attached hydrogens (primary N) is 1. The summed E-state index contributed by atoms with van der Waals surface area (Å²) >= 11 is 0. The Morgan fingerprint density at radius 1 is 1.25 bits per heavy atom. The van der Waals surface area contributed by atoms with Gasteiger partial charge in [0.2, 0.25) is 11.8 Å². The van der Waals surface area contributed by atoms with Crippen LogP contribution in [0.2, 0.25) is 0 Å². The summed E-state index contributed by atoms with van der Waals surface area (Å²) in [5.74, 6) is 0.0892. The van der Waals surface area contributed by atoms with Crippen molar-refractivity contribution in [1.82, 2.24) is 0 Å². The minimum atomic E-state index is -0.0806. The van der Waals surface area contributed by atoms with Crippen molar-refractivity contribution in [3.63, 3.8) is 0 Å². The van der Waals surface area contributed by atoms with Crippen LogP contribution in [0.1, 0.15) is 31.2 Å². The third-order valence-corrected chi connectivity index (χ3v) is 3.26. The van der Waals surface area contributed by atoms with Gasteiger partial charge < -0.3 is 16.4 Å². The van der Waals surface area contributed by atoms with Crippen LogP contribution in [-0.2, 0) is 9.59 Å². The second-order valence-corrected chi connectivity index (χ2v) is 5.25. The number of hydrogen-bond donors (Lipinski definition) is 3. The number of amides is 2. The zero-order valence-electron chi connectivity index (χ0n) is 11.7. The van der Waals surface area contributed by atoms with E-state index in [2.05, 4.69) is 10.6 Å². The molecule has 1 aromatic rings. The number of carbonyl (C=O) groups is 2. The molecule has 0 saturated heterocycles. The van der Waals surface area contributed by atoms with Crippen LogP contribution in [0.5, 0.6) is 0 Å². The third kappa shape index (κ3) is 4.06. The second kappa shape index (κ2) is 6.52. The fourth-order valence-corrected chi connectivity index (χ4v) is 1.93. The minimum absolute atomic E-state index is 0.0336. The van der Waals surface area contributed by atoms with E-state index in [1.54, 1.807) is 0 Å². The van der Waals surface area contributed by atoms with Crippen LogP contribution in [-0.4, -0.2) is 18.4 Å². The van der Waals surface area contributed by atoms with Crippen molar-refractivity contribution in [3.05, 3.63) is 23.8 Å². The lowest BCUT2D eigenvalue weighted by molar-refractivity contribution is -0.117. The minimum Gasteiger partial charge on any atom is -0.330 e. The number of rotatable bonds is 6. The maximum Gasteiger partial charge on any atom is 0.227 e. The van der Waals surface area contributed by atoms with Gasteiger partial charge in [0.25, 0.3) is 0 Å². The van der Waals surface area contributed by atoms with Gasteiger partial charge in [-0.15, -0.1) is 0 Å². The summed E-state index contributed by atoms with van der Waals surface area (Å²) in [4.78, 5) is 23.6. The van der Waals surface area contributed by atoms with Crippen molar-refractivity contribution in [2.24, 2.45) is 11.7 Å². The van der Waals surface area contributed by atoms with E-state index in [9.17, 15) is 9.59 Å². The first-order chi connectivity index (χ1) is 9.60. The molecule has 2 rings (SSSR count). The molecular formula is C15H21N3O2. The molecule has 1 aliphatic rings. The van der Waals surface area contributed by atoms with Crippen LogP contribution in [0.4, 0.5) is 11.4 Å². The first kappa shape index (κ1) is 14.5. The Morgan fingerprint density at radius 2 is 2.00 bits per heavy atom. The molecule has 1 aromatic carbocycles. The van der Waals surface area contributed by atoms with Gasteiger partial charge in [0, 0.05) is 12.3 Å². The molecule has 0 radical (unpaired) electrons. The highest BCUT2D eigenvalue weighted by Gasteiger charge is 2.30. The van der Waals surface area contributed by atoms with E-state index in [1.165, 1.54) is 0 Å². The largest absolute Gasteiger partial charge is 0.330 e. The fraction of sp³-hybridized carbons (Fsp3) is 0.467. The quantitative estimate of drug-likeness (QED) is 0.742. The van der Waals surface area contributed by atoms with Crippen molar-refractivity contribution < 1.29 is 9.59 Å². The zero-order valence-corrected chi connectivity index (χ0v) is 11.7. The number of hydrogen-bond acceptors (Lipinski definition) is 3. The smallest absolute Gasteiger partial charge is 0.227 e. The van der Waals surface area contributed by atoms with Crippen LogP contribution >= 0.6 is 0 Å². The highest BCUT2D eigenvalue weighted by molar-refractivity contribution is 6.00. The van der Waals surface area contributed by atoms with E-state index in [1.807, 2.05) is 25.1 Å². The first-order valence-electron chi connectivity index (χ1n) is 7.01. The lowest BCUT2D eigenvalue weighted by Crippen LogP contribution is -2.18.